The Morgan fingerprint density at radius 1 is 1.21 bits per heavy atom. The summed E-state index contributed by atoms with van der Waals surface area (Å²) in [5.41, 5.74) is 2.17. The van der Waals surface area contributed by atoms with Crippen molar-refractivity contribution in [2.45, 2.75) is 77.0 Å². The third-order valence-electron chi connectivity index (χ3n) is 6.31. The van der Waals surface area contributed by atoms with E-state index in [1.54, 1.807) is 4.57 Å². The van der Waals surface area contributed by atoms with E-state index >= 15 is 0 Å². The highest BCUT2D eigenvalue weighted by molar-refractivity contribution is 7.99. The number of nitrogens with one attached hydrogen (secondary N) is 2. The number of carbonyl (C=O) groups excluding carboxylic acids is 2. The highest BCUT2D eigenvalue weighted by Gasteiger charge is 2.23. The first kappa shape index (κ1) is 26.1. The predicted molar refractivity (Wildman–Crippen MR) is 134 cm³/mol. The van der Waals surface area contributed by atoms with E-state index in [-0.39, 0.29) is 31.0 Å². The highest BCUT2D eigenvalue weighted by Crippen LogP contribution is 2.27. The molecule has 1 aromatic carbocycles. The Balaban J connectivity index is 1.44. The van der Waals surface area contributed by atoms with Crippen LogP contribution in [0.15, 0.2) is 23.4 Å². The van der Waals surface area contributed by atoms with Crippen LogP contribution >= 0.6 is 11.8 Å². The van der Waals surface area contributed by atoms with E-state index in [0.29, 0.717) is 28.6 Å². The lowest BCUT2D eigenvalue weighted by Gasteiger charge is -2.29. The summed E-state index contributed by atoms with van der Waals surface area (Å²) in [6, 6.07) is 6.32. The molecule has 186 valence electrons. The van der Waals surface area contributed by atoms with Gasteiger partial charge < -0.3 is 19.9 Å². The minimum absolute atomic E-state index is 0.0238. The van der Waals surface area contributed by atoms with E-state index in [1.807, 2.05) is 32.2 Å². The summed E-state index contributed by atoms with van der Waals surface area (Å²) in [6.45, 7) is 8.57. The summed E-state index contributed by atoms with van der Waals surface area (Å²) in [5, 5.41) is 15.0. The number of carbonyl (C=O) groups is 2. The minimum Gasteiger partial charge on any atom is -0.483 e. The molecule has 3 rings (SSSR count). The number of benzene rings is 1. The highest BCUT2D eigenvalue weighted by atomic mass is 32.2. The molecule has 1 aliphatic carbocycles. The van der Waals surface area contributed by atoms with Gasteiger partial charge in [-0.3, -0.25) is 9.59 Å². The fourth-order valence-electron chi connectivity index (χ4n) is 4.15. The Kier molecular flexibility index (Phi) is 9.38. The molecule has 1 aliphatic rings. The van der Waals surface area contributed by atoms with Gasteiger partial charge in [-0.2, -0.15) is 0 Å². The summed E-state index contributed by atoms with van der Waals surface area (Å²) in [4.78, 5) is 24.7. The van der Waals surface area contributed by atoms with Crippen LogP contribution in [0.1, 0.15) is 69.3 Å². The first-order valence-corrected chi connectivity index (χ1v) is 13.0. The van der Waals surface area contributed by atoms with Crippen molar-refractivity contribution in [3.8, 4) is 5.75 Å². The second-order valence-electron chi connectivity index (χ2n) is 9.44. The lowest BCUT2D eigenvalue weighted by Crippen LogP contribution is -2.41. The van der Waals surface area contributed by atoms with Gasteiger partial charge in [0.25, 0.3) is 5.91 Å². The molecule has 1 aromatic heterocycles. The molecule has 0 bridgehead atoms. The zero-order valence-corrected chi connectivity index (χ0v) is 21.7. The number of ether oxygens (including phenoxy) is 1. The maximum Gasteiger partial charge on any atom is 0.258 e. The first-order chi connectivity index (χ1) is 16.2. The molecule has 0 radical (unpaired) electrons. The van der Waals surface area contributed by atoms with Gasteiger partial charge in [0.1, 0.15) is 5.75 Å². The number of aromatic nitrogens is 3. The van der Waals surface area contributed by atoms with E-state index in [9.17, 15) is 9.59 Å². The zero-order valence-electron chi connectivity index (χ0n) is 20.9. The smallest absolute Gasteiger partial charge is 0.258 e. The van der Waals surface area contributed by atoms with E-state index in [4.69, 9.17) is 4.74 Å². The monoisotopic (exact) mass is 487 g/mol. The van der Waals surface area contributed by atoms with E-state index in [2.05, 4.69) is 41.6 Å². The molecular weight excluding hydrogens is 450 g/mol. The number of aryl methyl sites for hydroxylation is 1. The van der Waals surface area contributed by atoms with Crippen LogP contribution in [-0.4, -0.2) is 45.0 Å². The molecule has 0 unspecified atom stereocenters. The summed E-state index contributed by atoms with van der Waals surface area (Å²) < 4.78 is 7.60. The number of hydrogen-bond donors (Lipinski definition) is 2. The largest absolute Gasteiger partial charge is 0.483 e. The Bertz CT molecular complexity index is 991. The van der Waals surface area contributed by atoms with Gasteiger partial charge in [0.15, 0.2) is 17.6 Å². The van der Waals surface area contributed by atoms with Gasteiger partial charge >= 0.3 is 0 Å². The Labute approximate surface area is 206 Å². The molecule has 2 amide bonds. The van der Waals surface area contributed by atoms with Crippen LogP contribution in [0.2, 0.25) is 0 Å². The number of nitrogens with zero attached hydrogens (tertiary/aromatic N) is 3. The second kappa shape index (κ2) is 12.2. The molecule has 2 aromatic rings. The molecule has 2 N–H and O–H groups in total. The maximum absolute atomic E-state index is 12.4. The third kappa shape index (κ3) is 7.22. The molecule has 0 aliphatic heterocycles. The fraction of sp³-hybridized carbons (Fsp3) is 0.600. The van der Waals surface area contributed by atoms with Gasteiger partial charge in [0.05, 0.1) is 12.3 Å². The van der Waals surface area contributed by atoms with Crippen molar-refractivity contribution in [1.29, 1.82) is 0 Å². The molecule has 0 spiro atoms. The zero-order chi connectivity index (χ0) is 24.7. The first-order valence-electron chi connectivity index (χ1n) is 12.0. The van der Waals surface area contributed by atoms with Crippen LogP contribution in [0.4, 0.5) is 0 Å². The van der Waals surface area contributed by atoms with E-state index in [1.165, 1.54) is 31.0 Å². The standard InChI is InChI=1S/C25H37N5O3S/c1-16(2)19-11-10-17(3)12-21(19)33-14-23(31)26-13-22-28-29-25(30(22)5)34-15-24(32)27-20-9-7-6-8-18(20)4/h10-12,16,18,20H,6-9,13-15H2,1-5H3,(H,26,31)(H,27,32)/t18-,20+/m1/s1. The van der Waals surface area contributed by atoms with Gasteiger partial charge in [0, 0.05) is 13.1 Å². The van der Waals surface area contributed by atoms with Crippen molar-refractivity contribution in [3.63, 3.8) is 0 Å². The average molecular weight is 488 g/mol. The molecule has 1 saturated carbocycles. The molecule has 1 fully saturated rings. The van der Waals surface area contributed by atoms with Crippen molar-refractivity contribution in [1.82, 2.24) is 25.4 Å². The minimum atomic E-state index is -0.227. The van der Waals surface area contributed by atoms with Gasteiger partial charge in [-0.05, 0) is 48.8 Å². The van der Waals surface area contributed by atoms with Gasteiger partial charge in [0.2, 0.25) is 5.91 Å². The maximum atomic E-state index is 12.4. The Morgan fingerprint density at radius 3 is 2.71 bits per heavy atom. The van der Waals surface area contributed by atoms with Gasteiger partial charge in [-0.1, -0.05) is 57.5 Å². The molecule has 0 saturated heterocycles. The lowest BCUT2D eigenvalue weighted by atomic mass is 9.86. The molecule has 1 heterocycles. The number of thioether (sulfide) groups is 1. The van der Waals surface area contributed by atoms with Crippen LogP contribution in [0.3, 0.4) is 0 Å². The van der Waals surface area contributed by atoms with Crippen molar-refractivity contribution in [2.75, 3.05) is 12.4 Å². The number of amides is 2. The van der Waals surface area contributed by atoms with E-state index < -0.39 is 0 Å². The second-order valence-corrected chi connectivity index (χ2v) is 10.4. The summed E-state index contributed by atoms with van der Waals surface area (Å²) in [6.07, 6.45) is 4.65. The summed E-state index contributed by atoms with van der Waals surface area (Å²) in [7, 11) is 1.84. The Hall–Kier alpha value is -2.55. The summed E-state index contributed by atoms with van der Waals surface area (Å²) in [5.74, 6) is 2.29. The van der Waals surface area contributed by atoms with Crippen molar-refractivity contribution in [2.24, 2.45) is 13.0 Å². The SMILES string of the molecule is Cc1ccc(C(C)C)c(OCC(=O)NCc2nnc(SCC(=O)N[C@H]3CCCC[C@H]3C)n2C)c1. The van der Waals surface area contributed by atoms with Crippen molar-refractivity contribution >= 4 is 23.6 Å². The topological polar surface area (TPSA) is 98.1 Å². The average Bonchev–Trinajstić information content (AvgIpc) is 3.15. The van der Waals surface area contributed by atoms with Gasteiger partial charge in [-0.15, -0.1) is 10.2 Å². The normalized spacial score (nSPS) is 18.1. The van der Waals surface area contributed by atoms with Crippen LogP contribution in [0.25, 0.3) is 0 Å². The quantitative estimate of drug-likeness (QED) is 0.496. The van der Waals surface area contributed by atoms with Crippen molar-refractivity contribution < 1.29 is 14.3 Å². The number of rotatable bonds is 10. The fourth-order valence-corrected chi connectivity index (χ4v) is 4.89. The van der Waals surface area contributed by atoms with Crippen LogP contribution in [0, 0.1) is 12.8 Å². The molecule has 34 heavy (non-hydrogen) atoms. The van der Waals surface area contributed by atoms with Gasteiger partial charge in [-0.25, -0.2) is 0 Å². The molecular formula is C25H37N5O3S. The number of hydrogen-bond acceptors (Lipinski definition) is 6. The summed E-state index contributed by atoms with van der Waals surface area (Å²) >= 11 is 1.35. The molecule has 9 heteroatoms. The van der Waals surface area contributed by atoms with E-state index in [0.717, 1.165) is 23.3 Å². The lowest BCUT2D eigenvalue weighted by molar-refractivity contribution is -0.123. The van der Waals surface area contributed by atoms with Crippen LogP contribution < -0.4 is 15.4 Å². The van der Waals surface area contributed by atoms with Crippen LogP contribution in [-0.2, 0) is 23.2 Å². The van der Waals surface area contributed by atoms with Crippen molar-refractivity contribution in [3.05, 3.63) is 35.2 Å². The Morgan fingerprint density at radius 2 is 1.97 bits per heavy atom. The molecule has 8 nitrogen and oxygen atoms in total. The predicted octanol–water partition coefficient (Wildman–Crippen LogP) is 3.73. The third-order valence-corrected chi connectivity index (χ3v) is 7.33. The van der Waals surface area contributed by atoms with Crippen LogP contribution in [0.5, 0.6) is 5.75 Å². The molecule has 2 atom stereocenters.